The quantitative estimate of drug-likeness (QED) is 0.403. The standard InChI is InChI=1S/C16H10F3N3O4/c17-16(18,19)9-1-3-10(4-2-9)26-13-5-6-25-14(13)11(23)7-12(24)15-20-8-21-22-15/h1-8,24H,(H,20,21,22). The molecule has 0 aliphatic heterocycles. The number of aliphatic hydroxyl groups excluding tert-OH is 1. The molecule has 10 heteroatoms. The molecule has 26 heavy (non-hydrogen) atoms. The summed E-state index contributed by atoms with van der Waals surface area (Å²) in [4.78, 5) is 15.9. The van der Waals surface area contributed by atoms with Gasteiger partial charge in [-0.2, -0.15) is 18.3 Å². The molecule has 2 N–H and O–H groups in total. The molecule has 2 heterocycles. The van der Waals surface area contributed by atoms with Gasteiger partial charge in [-0.15, -0.1) is 0 Å². The van der Waals surface area contributed by atoms with Crippen LogP contribution in [0, 0.1) is 0 Å². The first-order valence-electron chi connectivity index (χ1n) is 7.08. The minimum atomic E-state index is -4.46. The first-order chi connectivity index (χ1) is 12.3. The number of benzene rings is 1. The van der Waals surface area contributed by atoms with Crippen LogP contribution in [0.3, 0.4) is 0 Å². The largest absolute Gasteiger partial charge is 0.504 e. The summed E-state index contributed by atoms with van der Waals surface area (Å²) in [6, 6.07) is 5.27. The Morgan fingerprint density at radius 1 is 1.23 bits per heavy atom. The van der Waals surface area contributed by atoms with Gasteiger partial charge in [0.05, 0.1) is 11.8 Å². The highest BCUT2D eigenvalue weighted by molar-refractivity contribution is 6.07. The van der Waals surface area contributed by atoms with Crippen molar-refractivity contribution in [3.8, 4) is 11.5 Å². The number of H-pyrrole nitrogens is 1. The first-order valence-corrected chi connectivity index (χ1v) is 7.08. The number of carbonyl (C=O) groups is 1. The van der Waals surface area contributed by atoms with E-state index < -0.39 is 23.3 Å². The molecule has 7 nitrogen and oxygen atoms in total. The number of ether oxygens (including phenoxy) is 1. The van der Waals surface area contributed by atoms with Gasteiger partial charge >= 0.3 is 6.18 Å². The summed E-state index contributed by atoms with van der Waals surface area (Å²) in [5.41, 5.74) is -0.826. The fraction of sp³-hybridized carbons (Fsp3) is 0.0625. The zero-order valence-corrected chi connectivity index (χ0v) is 12.8. The van der Waals surface area contributed by atoms with Gasteiger partial charge in [0, 0.05) is 12.1 Å². The second kappa shape index (κ2) is 6.75. The van der Waals surface area contributed by atoms with Crippen molar-refractivity contribution in [2.24, 2.45) is 0 Å². The van der Waals surface area contributed by atoms with Gasteiger partial charge in [-0.05, 0) is 24.3 Å². The average Bonchev–Trinajstić information content (AvgIpc) is 3.26. The van der Waals surface area contributed by atoms with E-state index in [4.69, 9.17) is 9.15 Å². The molecule has 3 aromatic rings. The minimum Gasteiger partial charge on any atom is -0.504 e. The summed E-state index contributed by atoms with van der Waals surface area (Å²) < 4.78 is 48.1. The molecule has 0 aliphatic rings. The van der Waals surface area contributed by atoms with Gasteiger partial charge in [0.2, 0.25) is 11.5 Å². The van der Waals surface area contributed by atoms with Crippen LogP contribution in [0.4, 0.5) is 13.2 Å². The monoisotopic (exact) mass is 365 g/mol. The Morgan fingerprint density at radius 2 is 1.96 bits per heavy atom. The van der Waals surface area contributed by atoms with Crippen LogP contribution in [0.15, 0.2) is 53.4 Å². The second-order valence-corrected chi connectivity index (χ2v) is 4.97. The van der Waals surface area contributed by atoms with E-state index in [1.165, 1.54) is 12.3 Å². The van der Waals surface area contributed by atoms with Gasteiger partial charge in [0.25, 0.3) is 0 Å². The summed E-state index contributed by atoms with van der Waals surface area (Å²) in [5, 5.41) is 15.7. The van der Waals surface area contributed by atoms with Crippen molar-refractivity contribution in [2.75, 3.05) is 0 Å². The lowest BCUT2D eigenvalue weighted by Gasteiger charge is -2.08. The lowest BCUT2D eigenvalue weighted by molar-refractivity contribution is -0.137. The van der Waals surface area contributed by atoms with Crippen LogP contribution < -0.4 is 4.74 Å². The summed E-state index contributed by atoms with van der Waals surface area (Å²) in [7, 11) is 0. The number of hydrogen-bond donors (Lipinski definition) is 2. The summed E-state index contributed by atoms with van der Waals surface area (Å²) in [5.74, 6) is -1.39. The molecule has 0 unspecified atom stereocenters. The number of aliphatic hydroxyl groups is 1. The molecule has 0 spiro atoms. The van der Waals surface area contributed by atoms with Crippen molar-refractivity contribution in [3.63, 3.8) is 0 Å². The Balaban J connectivity index is 1.78. The molecule has 0 saturated carbocycles. The van der Waals surface area contributed by atoms with Crippen LogP contribution in [0.25, 0.3) is 5.76 Å². The molecular weight excluding hydrogens is 355 g/mol. The van der Waals surface area contributed by atoms with Gasteiger partial charge in [0.15, 0.2) is 17.3 Å². The fourth-order valence-electron chi connectivity index (χ4n) is 1.98. The number of furan rings is 1. The van der Waals surface area contributed by atoms with Crippen molar-refractivity contribution in [1.82, 2.24) is 15.2 Å². The molecular formula is C16H10F3N3O4. The van der Waals surface area contributed by atoms with Crippen molar-refractivity contribution in [2.45, 2.75) is 6.18 Å². The van der Waals surface area contributed by atoms with Crippen molar-refractivity contribution in [3.05, 3.63) is 66.1 Å². The summed E-state index contributed by atoms with van der Waals surface area (Å²) >= 11 is 0. The van der Waals surface area contributed by atoms with E-state index in [-0.39, 0.29) is 23.1 Å². The fourth-order valence-corrected chi connectivity index (χ4v) is 1.98. The van der Waals surface area contributed by atoms with Crippen LogP contribution in [0.2, 0.25) is 0 Å². The maximum atomic E-state index is 12.6. The number of aromatic amines is 1. The molecule has 0 radical (unpaired) electrons. The van der Waals surface area contributed by atoms with Crippen LogP contribution in [-0.4, -0.2) is 26.1 Å². The molecule has 3 rings (SSSR count). The van der Waals surface area contributed by atoms with Crippen molar-refractivity contribution >= 4 is 11.5 Å². The zero-order valence-electron chi connectivity index (χ0n) is 12.8. The van der Waals surface area contributed by atoms with Crippen LogP contribution >= 0.6 is 0 Å². The van der Waals surface area contributed by atoms with Crippen LogP contribution in [0.1, 0.15) is 21.9 Å². The zero-order chi connectivity index (χ0) is 18.7. The third-order valence-electron chi connectivity index (χ3n) is 3.19. The Kier molecular flexibility index (Phi) is 4.48. The minimum absolute atomic E-state index is 0.0172. The van der Waals surface area contributed by atoms with Gasteiger partial charge in [-0.3, -0.25) is 9.89 Å². The Bertz CT molecular complexity index is 929. The van der Waals surface area contributed by atoms with E-state index in [9.17, 15) is 23.1 Å². The van der Waals surface area contributed by atoms with Gasteiger partial charge in [-0.1, -0.05) is 0 Å². The van der Waals surface area contributed by atoms with E-state index in [2.05, 4.69) is 15.2 Å². The number of alkyl halides is 3. The number of hydrogen-bond acceptors (Lipinski definition) is 6. The van der Waals surface area contributed by atoms with Crippen LogP contribution in [-0.2, 0) is 6.18 Å². The molecule has 0 saturated heterocycles. The summed E-state index contributed by atoms with van der Waals surface area (Å²) in [6.07, 6.45) is -1.29. The highest BCUT2D eigenvalue weighted by Gasteiger charge is 2.30. The van der Waals surface area contributed by atoms with E-state index in [1.807, 2.05) is 0 Å². The molecule has 0 fully saturated rings. The van der Waals surface area contributed by atoms with Gasteiger partial charge < -0.3 is 14.3 Å². The molecule has 2 aromatic heterocycles. The maximum Gasteiger partial charge on any atom is 0.416 e. The normalized spacial score (nSPS) is 12.2. The highest BCUT2D eigenvalue weighted by Crippen LogP contribution is 2.32. The predicted molar refractivity (Wildman–Crippen MR) is 81.5 cm³/mol. The van der Waals surface area contributed by atoms with Crippen molar-refractivity contribution < 1.29 is 32.2 Å². The number of allylic oxidation sites excluding steroid dienone is 1. The van der Waals surface area contributed by atoms with Crippen LogP contribution in [0.5, 0.6) is 11.5 Å². The van der Waals surface area contributed by atoms with Crippen molar-refractivity contribution in [1.29, 1.82) is 0 Å². The van der Waals surface area contributed by atoms with E-state index >= 15 is 0 Å². The SMILES string of the molecule is O=C(C=C(O)c1ncn[nH]1)c1occc1Oc1ccc(C(F)(F)F)cc1. The lowest BCUT2D eigenvalue weighted by Crippen LogP contribution is -2.04. The molecule has 1 aromatic carbocycles. The number of nitrogens with zero attached hydrogens (tertiary/aromatic N) is 2. The summed E-state index contributed by atoms with van der Waals surface area (Å²) in [6.45, 7) is 0. The van der Waals surface area contributed by atoms with E-state index in [0.717, 1.165) is 36.7 Å². The Labute approximate surface area is 143 Å². The molecule has 134 valence electrons. The molecule has 0 atom stereocenters. The Morgan fingerprint density at radius 3 is 2.58 bits per heavy atom. The lowest BCUT2D eigenvalue weighted by atomic mass is 10.2. The molecule has 0 bridgehead atoms. The smallest absolute Gasteiger partial charge is 0.416 e. The number of carbonyl (C=O) groups excluding carboxylic acids is 1. The third-order valence-corrected chi connectivity index (χ3v) is 3.19. The number of nitrogens with one attached hydrogen (secondary N) is 1. The van der Waals surface area contributed by atoms with E-state index in [0.29, 0.717) is 0 Å². The number of ketones is 1. The van der Waals surface area contributed by atoms with E-state index in [1.54, 1.807) is 0 Å². The van der Waals surface area contributed by atoms with Gasteiger partial charge in [0.1, 0.15) is 12.1 Å². The third kappa shape index (κ3) is 3.74. The second-order valence-electron chi connectivity index (χ2n) is 4.97. The predicted octanol–water partition coefficient (Wildman–Crippen LogP) is 3.99. The maximum absolute atomic E-state index is 12.6. The van der Waals surface area contributed by atoms with Gasteiger partial charge in [-0.25, -0.2) is 4.98 Å². The number of aromatic nitrogens is 3. The topological polar surface area (TPSA) is 101 Å². The number of rotatable bonds is 5. The average molecular weight is 365 g/mol. The Hall–Kier alpha value is -3.56. The number of halogens is 3. The molecule has 0 amide bonds. The highest BCUT2D eigenvalue weighted by atomic mass is 19.4. The first kappa shape index (κ1) is 17.3. The molecule has 0 aliphatic carbocycles.